The van der Waals surface area contributed by atoms with E-state index in [0.29, 0.717) is 29.2 Å². The van der Waals surface area contributed by atoms with Gasteiger partial charge in [0.05, 0.1) is 7.11 Å². The zero-order valence-electron chi connectivity index (χ0n) is 17.0. The molecule has 2 aromatic rings. The molecular formula is C22H25NO6S. The number of ether oxygens (including phenoxy) is 3. The minimum atomic E-state index is -0.854. The fraction of sp³-hybridized carbons (Fsp3) is 0.318. The molecule has 0 aliphatic heterocycles. The molecule has 30 heavy (non-hydrogen) atoms. The van der Waals surface area contributed by atoms with Gasteiger partial charge in [-0.2, -0.15) is 11.8 Å². The van der Waals surface area contributed by atoms with E-state index in [9.17, 15) is 14.4 Å². The summed E-state index contributed by atoms with van der Waals surface area (Å²) >= 11 is 1.54. The summed E-state index contributed by atoms with van der Waals surface area (Å²) in [4.78, 5) is 36.9. The number of ketones is 1. The summed E-state index contributed by atoms with van der Waals surface area (Å²) < 4.78 is 15.6. The molecule has 160 valence electrons. The molecular weight excluding hydrogens is 406 g/mol. The Morgan fingerprint density at radius 3 is 2.30 bits per heavy atom. The van der Waals surface area contributed by atoms with Gasteiger partial charge < -0.3 is 19.5 Å². The third-order valence-corrected chi connectivity index (χ3v) is 4.74. The number of carbonyl (C=O) groups is 3. The van der Waals surface area contributed by atoms with Crippen molar-refractivity contribution in [1.29, 1.82) is 0 Å². The molecule has 0 saturated heterocycles. The quantitative estimate of drug-likeness (QED) is 0.408. The first-order valence-corrected chi connectivity index (χ1v) is 10.7. The van der Waals surface area contributed by atoms with E-state index >= 15 is 0 Å². The van der Waals surface area contributed by atoms with Gasteiger partial charge in [0.1, 0.15) is 17.5 Å². The van der Waals surface area contributed by atoms with Crippen molar-refractivity contribution in [3.05, 3.63) is 60.2 Å². The lowest BCUT2D eigenvalue weighted by Crippen LogP contribution is -2.44. The summed E-state index contributed by atoms with van der Waals surface area (Å²) in [6.45, 7) is -0.630. The molecule has 0 bridgehead atoms. The maximum Gasteiger partial charge on any atom is 0.329 e. The average molecular weight is 432 g/mol. The van der Waals surface area contributed by atoms with Crippen LogP contribution in [0.25, 0.3) is 0 Å². The third kappa shape index (κ3) is 7.79. The van der Waals surface area contributed by atoms with Gasteiger partial charge in [-0.1, -0.05) is 18.2 Å². The molecule has 1 atom stereocenters. The number of rotatable bonds is 12. The van der Waals surface area contributed by atoms with Crippen molar-refractivity contribution in [2.75, 3.05) is 32.3 Å². The second kappa shape index (κ2) is 12.5. The molecule has 0 unspecified atom stereocenters. The molecule has 0 saturated carbocycles. The van der Waals surface area contributed by atoms with Crippen molar-refractivity contribution in [3.63, 3.8) is 0 Å². The smallest absolute Gasteiger partial charge is 0.329 e. The minimum absolute atomic E-state index is 0.224. The first kappa shape index (κ1) is 23.3. The minimum Gasteiger partial charge on any atom is -0.497 e. The largest absolute Gasteiger partial charge is 0.497 e. The lowest BCUT2D eigenvalue weighted by molar-refractivity contribution is -0.147. The Kier molecular flexibility index (Phi) is 9.73. The van der Waals surface area contributed by atoms with Gasteiger partial charge in [0, 0.05) is 5.56 Å². The number of methoxy groups -OCH3 is 1. The van der Waals surface area contributed by atoms with Crippen LogP contribution in [0.3, 0.4) is 0 Å². The van der Waals surface area contributed by atoms with Crippen LogP contribution in [0.4, 0.5) is 0 Å². The molecule has 2 rings (SSSR count). The molecule has 0 fully saturated rings. The van der Waals surface area contributed by atoms with Crippen molar-refractivity contribution in [2.24, 2.45) is 0 Å². The van der Waals surface area contributed by atoms with Crippen LogP contribution in [0.2, 0.25) is 0 Å². The van der Waals surface area contributed by atoms with E-state index in [0.717, 1.165) is 0 Å². The van der Waals surface area contributed by atoms with E-state index in [4.69, 9.17) is 14.2 Å². The van der Waals surface area contributed by atoms with Gasteiger partial charge in [-0.25, -0.2) is 4.79 Å². The fourth-order valence-electron chi connectivity index (χ4n) is 2.48. The molecule has 0 aliphatic rings. The second-order valence-electron chi connectivity index (χ2n) is 6.26. The summed E-state index contributed by atoms with van der Waals surface area (Å²) in [5.41, 5.74) is 0.407. The number of esters is 1. The van der Waals surface area contributed by atoms with E-state index in [-0.39, 0.29) is 12.4 Å². The van der Waals surface area contributed by atoms with Crippen molar-refractivity contribution >= 4 is 29.4 Å². The van der Waals surface area contributed by atoms with Gasteiger partial charge in [0.15, 0.2) is 19.0 Å². The zero-order chi connectivity index (χ0) is 21.8. The van der Waals surface area contributed by atoms with Gasteiger partial charge in [-0.05, 0) is 54.8 Å². The number of hydrogen-bond donors (Lipinski definition) is 1. The Labute approximate surface area is 180 Å². The van der Waals surface area contributed by atoms with Crippen LogP contribution in [-0.2, 0) is 14.3 Å². The normalized spacial score (nSPS) is 11.3. The van der Waals surface area contributed by atoms with Crippen molar-refractivity contribution < 1.29 is 28.6 Å². The first-order chi connectivity index (χ1) is 14.5. The third-order valence-electron chi connectivity index (χ3n) is 4.10. The van der Waals surface area contributed by atoms with Gasteiger partial charge >= 0.3 is 5.97 Å². The first-order valence-electron chi connectivity index (χ1n) is 9.33. The maximum absolute atomic E-state index is 12.4. The van der Waals surface area contributed by atoms with E-state index in [1.807, 2.05) is 12.3 Å². The molecule has 0 aliphatic carbocycles. The van der Waals surface area contributed by atoms with Crippen LogP contribution >= 0.6 is 11.8 Å². The second-order valence-corrected chi connectivity index (χ2v) is 7.25. The van der Waals surface area contributed by atoms with Crippen LogP contribution in [0.1, 0.15) is 16.8 Å². The molecule has 0 aromatic heterocycles. The average Bonchev–Trinajstić information content (AvgIpc) is 2.79. The van der Waals surface area contributed by atoms with Gasteiger partial charge in [0.2, 0.25) is 0 Å². The van der Waals surface area contributed by atoms with E-state index in [1.54, 1.807) is 60.3 Å². The lowest BCUT2D eigenvalue weighted by Gasteiger charge is -2.17. The van der Waals surface area contributed by atoms with E-state index in [1.165, 1.54) is 7.11 Å². The highest BCUT2D eigenvalue weighted by Gasteiger charge is 2.23. The van der Waals surface area contributed by atoms with E-state index in [2.05, 4.69) is 5.32 Å². The van der Waals surface area contributed by atoms with Gasteiger partial charge in [0.25, 0.3) is 5.91 Å². The number of nitrogens with one attached hydrogen (secondary N) is 1. The molecule has 7 nitrogen and oxygen atoms in total. The predicted molar refractivity (Wildman–Crippen MR) is 115 cm³/mol. The summed E-state index contributed by atoms with van der Waals surface area (Å²) in [5, 5.41) is 2.62. The maximum atomic E-state index is 12.4. The number of hydrogen-bond acceptors (Lipinski definition) is 7. The SMILES string of the molecule is COc1ccc(C(=O)COC(=O)[C@H](CCSC)NC(=O)COc2ccccc2)cc1. The van der Waals surface area contributed by atoms with Crippen molar-refractivity contribution in [3.8, 4) is 11.5 Å². The summed E-state index contributed by atoms with van der Waals surface area (Å²) in [5.74, 6) is 0.393. The molecule has 1 amide bonds. The Hall–Kier alpha value is -3.00. The summed E-state index contributed by atoms with van der Waals surface area (Å²) in [7, 11) is 1.53. The monoisotopic (exact) mass is 431 g/mol. The van der Waals surface area contributed by atoms with Gasteiger partial charge in [-0.15, -0.1) is 0 Å². The Balaban J connectivity index is 1.86. The van der Waals surface area contributed by atoms with E-state index < -0.39 is 24.5 Å². The Morgan fingerprint density at radius 1 is 0.967 bits per heavy atom. The van der Waals surface area contributed by atoms with Crippen LogP contribution in [0.15, 0.2) is 54.6 Å². The standard InChI is InChI=1S/C22H25NO6S/c1-27-17-10-8-16(9-11-17)20(24)14-29-22(26)19(12-13-30-2)23-21(25)15-28-18-6-4-3-5-7-18/h3-11,19H,12-15H2,1-2H3,(H,23,25)/t19-/m0/s1. The van der Waals surface area contributed by atoms with Crippen LogP contribution < -0.4 is 14.8 Å². The summed E-state index contributed by atoms with van der Waals surface area (Å²) in [6, 6.07) is 14.6. The molecule has 0 radical (unpaired) electrons. The lowest BCUT2D eigenvalue weighted by atomic mass is 10.1. The van der Waals surface area contributed by atoms with Gasteiger partial charge in [-0.3, -0.25) is 9.59 Å². The number of thioether (sulfide) groups is 1. The molecule has 0 spiro atoms. The van der Waals surface area contributed by atoms with Crippen molar-refractivity contribution in [1.82, 2.24) is 5.32 Å². The number of para-hydroxylation sites is 1. The molecule has 0 heterocycles. The molecule has 8 heteroatoms. The number of benzene rings is 2. The topological polar surface area (TPSA) is 90.9 Å². The van der Waals surface area contributed by atoms with Crippen molar-refractivity contribution in [2.45, 2.75) is 12.5 Å². The van der Waals surface area contributed by atoms with Crippen LogP contribution in [-0.4, -0.2) is 56.0 Å². The number of amides is 1. The Bertz CT molecular complexity index is 825. The molecule has 1 N–H and O–H groups in total. The Morgan fingerprint density at radius 2 is 1.67 bits per heavy atom. The van der Waals surface area contributed by atoms with Crippen LogP contribution in [0.5, 0.6) is 11.5 Å². The predicted octanol–water partition coefficient (Wildman–Crippen LogP) is 2.74. The highest BCUT2D eigenvalue weighted by atomic mass is 32.2. The van der Waals surface area contributed by atoms with Crippen LogP contribution in [0, 0.1) is 0 Å². The number of carbonyl (C=O) groups excluding carboxylic acids is 3. The highest BCUT2D eigenvalue weighted by Crippen LogP contribution is 2.12. The zero-order valence-corrected chi connectivity index (χ0v) is 17.8. The molecule has 2 aromatic carbocycles. The highest BCUT2D eigenvalue weighted by molar-refractivity contribution is 7.98. The summed E-state index contributed by atoms with van der Waals surface area (Å²) in [6.07, 6.45) is 2.28. The fourth-order valence-corrected chi connectivity index (χ4v) is 2.96. The number of Topliss-reactive ketones (excluding diaryl/α,β-unsaturated/α-hetero) is 1.